The van der Waals surface area contributed by atoms with E-state index in [1.165, 1.54) is 12.1 Å². The fraction of sp³-hybridized carbons (Fsp3) is 0.231. The first-order valence-electron chi connectivity index (χ1n) is 6.01. The van der Waals surface area contributed by atoms with E-state index in [0.717, 1.165) is 30.5 Å². The van der Waals surface area contributed by atoms with Crippen molar-refractivity contribution in [1.29, 1.82) is 0 Å². The van der Waals surface area contributed by atoms with Crippen molar-refractivity contribution in [3.05, 3.63) is 40.3 Å². The average molecular weight is 279 g/mol. The highest BCUT2D eigenvalue weighted by molar-refractivity contribution is 6.33. The molecule has 98 valence electrons. The molecule has 0 unspecified atom stereocenters. The molecule has 0 saturated carbocycles. The molecule has 0 saturated heterocycles. The van der Waals surface area contributed by atoms with Gasteiger partial charge in [-0.3, -0.25) is 0 Å². The summed E-state index contributed by atoms with van der Waals surface area (Å²) in [6.07, 6.45) is 2.87. The van der Waals surface area contributed by atoms with E-state index in [-0.39, 0.29) is 5.82 Å². The molecule has 1 aromatic heterocycles. The van der Waals surface area contributed by atoms with Crippen molar-refractivity contribution in [1.82, 2.24) is 9.97 Å². The normalized spacial score (nSPS) is 13.4. The maximum atomic E-state index is 13.1. The van der Waals surface area contributed by atoms with Crippen molar-refractivity contribution in [2.75, 3.05) is 5.43 Å². The highest BCUT2D eigenvalue weighted by Gasteiger charge is 2.20. The van der Waals surface area contributed by atoms with E-state index in [9.17, 15) is 4.39 Å². The Kier molecular flexibility index (Phi) is 3.08. The third-order valence-corrected chi connectivity index (χ3v) is 3.55. The number of nitrogen functional groups attached to an aromatic ring is 1. The lowest BCUT2D eigenvalue weighted by Gasteiger charge is -2.10. The molecular weight excluding hydrogens is 267 g/mol. The summed E-state index contributed by atoms with van der Waals surface area (Å²) in [6.45, 7) is 0. The van der Waals surface area contributed by atoms with Gasteiger partial charge in [-0.25, -0.2) is 20.2 Å². The summed E-state index contributed by atoms with van der Waals surface area (Å²) in [5, 5.41) is 0.293. The van der Waals surface area contributed by atoms with Crippen LogP contribution in [0.25, 0.3) is 11.4 Å². The molecule has 1 aliphatic carbocycles. The molecule has 3 rings (SSSR count). The molecule has 0 spiro atoms. The molecule has 4 nitrogen and oxygen atoms in total. The monoisotopic (exact) mass is 278 g/mol. The van der Waals surface area contributed by atoms with Crippen LogP contribution in [-0.2, 0) is 12.8 Å². The van der Waals surface area contributed by atoms with Crippen LogP contribution in [0.2, 0.25) is 5.02 Å². The number of hydrogen-bond acceptors (Lipinski definition) is 4. The second kappa shape index (κ2) is 4.75. The highest BCUT2D eigenvalue weighted by atomic mass is 35.5. The Morgan fingerprint density at radius 1 is 1.26 bits per heavy atom. The SMILES string of the molecule is NNc1nc(-c2ccc(F)cc2Cl)nc2c1CCC2. The molecule has 0 amide bonds. The summed E-state index contributed by atoms with van der Waals surface area (Å²) in [4.78, 5) is 8.88. The van der Waals surface area contributed by atoms with E-state index in [1.807, 2.05) is 0 Å². The summed E-state index contributed by atoms with van der Waals surface area (Å²) < 4.78 is 13.1. The zero-order valence-electron chi connectivity index (χ0n) is 10.1. The van der Waals surface area contributed by atoms with Crippen LogP contribution in [0.15, 0.2) is 18.2 Å². The minimum Gasteiger partial charge on any atom is -0.308 e. The Bertz CT molecular complexity index is 645. The average Bonchev–Trinajstić information content (AvgIpc) is 2.85. The maximum Gasteiger partial charge on any atom is 0.163 e. The molecule has 2 aromatic rings. The van der Waals surface area contributed by atoms with Crippen molar-refractivity contribution in [2.24, 2.45) is 5.84 Å². The van der Waals surface area contributed by atoms with Crippen molar-refractivity contribution >= 4 is 17.4 Å². The van der Waals surface area contributed by atoms with Crippen molar-refractivity contribution in [2.45, 2.75) is 19.3 Å². The number of nitrogens with zero attached hydrogens (tertiary/aromatic N) is 2. The molecule has 1 aliphatic rings. The van der Waals surface area contributed by atoms with Crippen molar-refractivity contribution in [3.8, 4) is 11.4 Å². The number of nitrogens with one attached hydrogen (secondary N) is 1. The van der Waals surface area contributed by atoms with Crippen molar-refractivity contribution in [3.63, 3.8) is 0 Å². The van der Waals surface area contributed by atoms with Crippen LogP contribution in [0.5, 0.6) is 0 Å². The summed E-state index contributed by atoms with van der Waals surface area (Å²) in [6, 6.07) is 4.17. The molecule has 1 heterocycles. The molecule has 0 aliphatic heterocycles. The van der Waals surface area contributed by atoms with Gasteiger partial charge in [-0.2, -0.15) is 0 Å². The smallest absolute Gasteiger partial charge is 0.163 e. The number of hydrazine groups is 1. The predicted molar refractivity (Wildman–Crippen MR) is 72.3 cm³/mol. The lowest BCUT2D eigenvalue weighted by Crippen LogP contribution is -2.12. The van der Waals surface area contributed by atoms with E-state index in [0.29, 0.717) is 22.2 Å². The van der Waals surface area contributed by atoms with Gasteiger partial charge in [0.15, 0.2) is 5.82 Å². The van der Waals surface area contributed by atoms with Gasteiger partial charge in [0.05, 0.1) is 5.02 Å². The van der Waals surface area contributed by atoms with Gasteiger partial charge in [0, 0.05) is 16.8 Å². The minimum atomic E-state index is -0.382. The third kappa shape index (κ3) is 2.15. The largest absolute Gasteiger partial charge is 0.308 e. The number of benzene rings is 1. The number of halogens is 2. The predicted octanol–water partition coefficient (Wildman–Crippen LogP) is 2.71. The number of hydrogen-bond donors (Lipinski definition) is 2. The van der Waals surface area contributed by atoms with E-state index in [1.54, 1.807) is 6.07 Å². The summed E-state index contributed by atoms with van der Waals surface area (Å²) in [5.41, 5.74) is 5.25. The molecule has 0 fully saturated rings. The van der Waals surface area contributed by atoms with E-state index < -0.39 is 0 Å². The quantitative estimate of drug-likeness (QED) is 0.655. The van der Waals surface area contributed by atoms with E-state index in [2.05, 4.69) is 15.4 Å². The number of aromatic nitrogens is 2. The highest BCUT2D eigenvalue weighted by Crippen LogP contribution is 2.31. The summed E-state index contributed by atoms with van der Waals surface area (Å²) in [5.74, 6) is 6.21. The topological polar surface area (TPSA) is 63.8 Å². The fourth-order valence-corrected chi connectivity index (χ4v) is 2.59. The van der Waals surface area contributed by atoms with Gasteiger partial charge in [-0.05, 0) is 37.5 Å². The van der Waals surface area contributed by atoms with Gasteiger partial charge in [0.2, 0.25) is 0 Å². The van der Waals surface area contributed by atoms with Crippen LogP contribution in [0.4, 0.5) is 10.2 Å². The van der Waals surface area contributed by atoms with E-state index >= 15 is 0 Å². The molecule has 3 N–H and O–H groups in total. The molecule has 19 heavy (non-hydrogen) atoms. The van der Waals surface area contributed by atoms with Gasteiger partial charge >= 0.3 is 0 Å². The standard InChI is InChI=1S/C13H12ClFN4/c14-10-6-7(15)4-5-8(10)12-17-11-3-1-2-9(11)13(18-12)19-16/h4-6H,1-3,16H2,(H,17,18,19). The van der Waals surface area contributed by atoms with Gasteiger partial charge in [0.25, 0.3) is 0 Å². The summed E-state index contributed by atoms with van der Waals surface area (Å²) >= 11 is 6.04. The lowest BCUT2D eigenvalue weighted by atomic mass is 10.2. The lowest BCUT2D eigenvalue weighted by molar-refractivity contribution is 0.628. The molecule has 0 atom stereocenters. The van der Waals surface area contributed by atoms with Gasteiger partial charge < -0.3 is 5.43 Å². The minimum absolute atomic E-state index is 0.293. The third-order valence-electron chi connectivity index (χ3n) is 3.24. The molecule has 0 bridgehead atoms. The first kappa shape index (κ1) is 12.3. The first-order chi connectivity index (χ1) is 9.19. The van der Waals surface area contributed by atoms with Gasteiger partial charge in [-0.15, -0.1) is 0 Å². The Balaban J connectivity index is 2.15. The number of anilines is 1. The Hall–Kier alpha value is -1.72. The number of aryl methyl sites for hydroxylation is 1. The number of nitrogens with two attached hydrogens (primary N) is 1. The van der Waals surface area contributed by atoms with Crippen LogP contribution >= 0.6 is 11.6 Å². The second-order valence-corrected chi connectivity index (χ2v) is 4.85. The van der Waals surface area contributed by atoms with Crippen LogP contribution in [0.1, 0.15) is 17.7 Å². The fourth-order valence-electron chi connectivity index (χ4n) is 2.34. The second-order valence-electron chi connectivity index (χ2n) is 4.44. The van der Waals surface area contributed by atoms with Gasteiger partial charge in [-0.1, -0.05) is 11.6 Å². The Labute approximate surface area is 114 Å². The van der Waals surface area contributed by atoms with Crippen LogP contribution in [0, 0.1) is 5.82 Å². The van der Waals surface area contributed by atoms with Crippen LogP contribution in [0.3, 0.4) is 0 Å². The van der Waals surface area contributed by atoms with Crippen LogP contribution < -0.4 is 11.3 Å². The van der Waals surface area contributed by atoms with Crippen LogP contribution in [-0.4, -0.2) is 9.97 Å². The molecule has 1 aromatic carbocycles. The zero-order chi connectivity index (χ0) is 13.4. The number of rotatable bonds is 2. The molecule has 6 heteroatoms. The molecular formula is C13H12ClFN4. The van der Waals surface area contributed by atoms with Crippen molar-refractivity contribution < 1.29 is 4.39 Å². The molecule has 0 radical (unpaired) electrons. The zero-order valence-corrected chi connectivity index (χ0v) is 10.8. The maximum absolute atomic E-state index is 13.1. The first-order valence-corrected chi connectivity index (χ1v) is 6.38. The Morgan fingerprint density at radius 3 is 2.84 bits per heavy atom. The summed E-state index contributed by atoms with van der Waals surface area (Å²) in [7, 11) is 0. The number of fused-ring (bicyclic) bond motifs is 1. The van der Waals surface area contributed by atoms with Gasteiger partial charge in [0.1, 0.15) is 11.6 Å². The Morgan fingerprint density at radius 2 is 2.11 bits per heavy atom. The van der Waals surface area contributed by atoms with E-state index in [4.69, 9.17) is 17.4 Å².